The standard InChI is InChI=1S/C24H30N2O2S/c1-29-17-14-21(26-22(27)19-10-4-2-5-11-19)23(28)25-18-24(15-8-9-16-24)20-12-6-3-7-13-20/h2-7,10-13,21H,8-9,14-18H2,1H3,(H,25,28)(H,26,27). The lowest BCUT2D eigenvalue weighted by Gasteiger charge is -2.31. The van der Waals surface area contributed by atoms with Gasteiger partial charge in [-0.25, -0.2) is 0 Å². The third kappa shape index (κ3) is 5.63. The predicted molar refractivity (Wildman–Crippen MR) is 120 cm³/mol. The summed E-state index contributed by atoms with van der Waals surface area (Å²) in [7, 11) is 0. The van der Waals surface area contributed by atoms with Gasteiger partial charge in [0.2, 0.25) is 5.91 Å². The highest BCUT2D eigenvalue weighted by Crippen LogP contribution is 2.40. The van der Waals surface area contributed by atoms with Crippen LogP contribution < -0.4 is 10.6 Å². The summed E-state index contributed by atoms with van der Waals surface area (Å²) < 4.78 is 0. The molecule has 2 aromatic carbocycles. The van der Waals surface area contributed by atoms with Crippen LogP contribution >= 0.6 is 11.8 Å². The number of benzene rings is 2. The van der Waals surface area contributed by atoms with Gasteiger partial charge in [0, 0.05) is 17.5 Å². The molecule has 0 aliphatic heterocycles. The first-order valence-electron chi connectivity index (χ1n) is 10.3. The molecule has 154 valence electrons. The third-order valence-electron chi connectivity index (χ3n) is 5.82. The zero-order chi connectivity index (χ0) is 20.5. The van der Waals surface area contributed by atoms with Crippen molar-refractivity contribution >= 4 is 23.6 Å². The van der Waals surface area contributed by atoms with Crippen LogP contribution in [0.2, 0.25) is 0 Å². The average Bonchev–Trinajstić information content (AvgIpc) is 3.26. The maximum atomic E-state index is 13.0. The van der Waals surface area contributed by atoms with Crippen LogP contribution in [-0.4, -0.2) is 36.4 Å². The van der Waals surface area contributed by atoms with Crippen molar-refractivity contribution in [2.45, 2.75) is 43.6 Å². The quantitative estimate of drug-likeness (QED) is 0.652. The molecule has 1 atom stereocenters. The molecule has 29 heavy (non-hydrogen) atoms. The van der Waals surface area contributed by atoms with Crippen molar-refractivity contribution in [1.29, 1.82) is 0 Å². The highest BCUT2D eigenvalue weighted by atomic mass is 32.2. The minimum absolute atomic E-state index is 0.00438. The molecule has 2 aromatic rings. The maximum absolute atomic E-state index is 13.0. The number of rotatable bonds is 9. The molecule has 1 fully saturated rings. The highest BCUT2D eigenvalue weighted by Gasteiger charge is 2.36. The van der Waals surface area contributed by atoms with Crippen molar-refractivity contribution in [3.63, 3.8) is 0 Å². The number of hydrogen-bond donors (Lipinski definition) is 2. The number of amides is 2. The van der Waals surface area contributed by atoms with E-state index in [1.165, 1.54) is 18.4 Å². The topological polar surface area (TPSA) is 58.2 Å². The number of hydrogen-bond acceptors (Lipinski definition) is 3. The zero-order valence-corrected chi connectivity index (χ0v) is 17.8. The number of carbonyl (C=O) groups excluding carboxylic acids is 2. The van der Waals surface area contributed by atoms with E-state index in [2.05, 4.69) is 34.9 Å². The highest BCUT2D eigenvalue weighted by molar-refractivity contribution is 7.98. The van der Waals surface area contributed by atoms with Gasteiger partial charge in [0.05, 0.1) is 0 Å². The van der Waals surface area contributed by atoms with Crippen LogP contribution in [0.15, 0.2) is 60.7 Å². The lowest BCUT2D eigenvalue weighted by Crippen LogP contribution is -2.50. The minimum Gasteiger partial charge on any atom is -0.353 e. The molecule has 0 spiro atoms. The summed E-state index contributed by atoms with van der Waals surface area (Å²) in [4.78, 5) is 25.6. The van der Waals surface area contributed by atoms with E-state index < -0.39 is 6.04 Å². The summed E-state index contributed by atoms with van der Waals surface area (Å²) in [6, 6.07) is 19.0. The number of nitrogens with one attached hydrogen (secondary N) is 2. The molecular weight excluding hydrogens is 380 g/mol. The maximum Gasteiger partial charge on any atom is 0.251 e. The molecule has 0 radical (unpaired) electrons. The fourth-order valence-corrected chi connectivity index (χ4v) is 4.60. The molecule has 0 saturated heterocycles. The van der Waals surface area contributed by atoms with Gasteiger partial charge in [0.25, 0.3) is 5.91 Å². The van der Waals surface area contributed by atoms with Crippen molar-refractivity contribution in [2.75, 3.05) is 18.6 Å². The largest absolute Gasteiger partial charge is 0.353 e. The van der Waals surface area contributed by atoms with Crippen molar-refractivity contribution in [3.8, 4) is 0 Å². The van der Waals surface area contributed by atoms with Crippen molar-refractivity contribution in [2.24, 2.45) is 0 Å². The lowest BCUT2D eigenvalue weighted by molar-refractivity contribution is -0.123. The Bertz CT molecular complexity index is 789. The molecule has 5 heteroatoms. The van der Waals surface area contributed by atoms with E-state index in [4.69, 9.17) is 0 Å². The van der Waals surface area contributed by atoms with Crippen LogP contribution in [0.1, 0.15) is 48.0 Å². The van der Waals surface area contributed by atoms with E-state index in [9.17, 15) is 9.59 Å². The van der Waals surface area contributed by atoms with Crippen molar-refractivity contribution < 1.29 is 9.59 Å². The zero-order valence-electron chi connectivity index (χ0n) is 17.0. The summed E-state index contributed by atoms with van der Waals surface area (Å²) in [5, 5.41) is 6.10. The summed E-state index contributed by atoms with van der Waals surface area (Å²) in [6.45, 7) is 0.618. The molecule has 1 unspecified atom stereocenters. The first-order valence-corrected chi connectivity index (χ1v) is 11.7. The Hall–Kier alpha value is -2.27. The molecule has 1 saturated carbocycles. The van der Waals surface area contributed by atoms with Gasteiger partial charge in [-0.15, -0.1) is 0 Å². The summed E-state index contributed by atoms with van der Waals surface area (Å²) in [5.74, 6) is 0.521. The fraction of sp³-hybridized carbons (Fsp3) is 0.417. The molecular formula is C24H30N2O2S. The minimum atomic E-state index is -0.524. The van der Waals surface area contributed by atoms with Gasteiger partial charge in [0.1, 0.15) is 6.04 Å². The smallest absolute Gasteiger partial charge is 0.251 e. The third-order valence-corrected chi connectivity index (χ3v) is 6.46. The van der Waals surface area contributed by atoms with Gasteiger partial charge in [0.15, 0.2) is 0 Å². The van der Waals surface area contributed by atoms with Gasteiger partial charge in [-0.05, 0) is 49.0 Å². The SMILES string of the molecule is CSCCC(NC(=O)c1ccccc1)C(=O)NCC1(c2ccccc2)CCCC1. The van der Waals surface area contributed by atoms with Crippen LogP contribution in [-0.2, 0) is 10.2 Å². The normalized spacial score (nSPS) is 16.2. The number of carbonyl (C=O) groups is 2. The molecule has 3 rings (SSSR count). The average molecular weight is 411 g/mol. The Labute approximate surface area is 177 Å². The molecule has 4 nitrogen and oxygen atoms in total. The van der Waals surface area contributed by atoms with Crippen LogP contribution in [0.5, 0.6) is 0 Å². The van der Waals surface area contributed by atoms with E-state index in [1.807, 2.05) is 30.5 Å². The Morgan fingerprint density at radius 2 is 1.62 bits per heavy atom. The summed E-state index contributed by atoms with van der Waals surface area (Å²) >= 11 is 1.68. The second kappa shape index (κ2) is 10.5. The van der Waals surface area contributed by atoms with Gasteiger partial charge in [-0.1, -0.05) is 61.4 Å². The lowest BCUT2D eigenvalue weighted by atomic mass is 9.79. The molecule has 2 N–H and O–H groups in total. The molecule has 1 aliphatic carbocycles. The van der Waals surface area contributed by atoms with Gasteiger partial charge < -0.3 is 10.6 Å². The Morgan fingerprint density at radius 3 is 2.24 bits per heavy atom. The Morgan fingerprint density at radius 1 is 1.00 bits per heavy atom. The summed E-state index contributed by atoms with van der Waals surface area (Å²) in [5.41, 5.74) is 1.88. The van der Waals surface area contributed by atoms with Gasteiger partial charge >= 0.3 is 0 Å². The number of thioether (sulfide) groups is 1. The van der Waals surface area contributed by atoms with E-state index in [0.717, 1.165) is 18.6 Å². The van der Waals surface area contributed by atoms with E-state index >= 15 is 0 Å². The molecule has 2 amide bonds. The first-order chi connectivity index (χ1) is 14.1. The fourth-order valence-electron chi connectivity index (χ4n) is 4.13. The van der Waals surface area contributed by atoms with Crippen LogP contribution in [0.4, 0.5) is 0 Å². The monoisotopic (exact) mass is 410 g/mol. The second-order valence-electron chi connectivity index (χ2n) is 7.74. The summed E-state index contributed by atoms with van der Waals surface area (Å²) in [6.07, 6.45) is 7.17. The van der Waals surface area contributed by atoms with Crippen molar-refractivity contribution in [1.82, 2.24) is 10.6 Å². The van der Waals surface area contributed by atoms with Crippen LogP contribution in [0.3, 0.4) is 0 Å². The van der Waals surface area contributed by atoms with Crippen molar-refractivity contribution in [3.05, 3.63) is 71.8 Å². The Kier molecular flexibility index (Phi) is 7.76. The van der Waals surface area contributed by atoms with Crippen LogP contribution in [0, 0.1) is 0 Å². The Balaban J connectivity index is 1.67. The van der Waals surface area contributed by atoms with E-state index in [1.54, 1.807) is 23.9 Å². The predicted octanol–water partition coefficient (Wildman–Crippen LogP) is 4.17. The molecule has 0 bridgehead atoms. The van der Waals surface area contributed by atoms with Gasteiger partial charge in [-0.2, -0.15) is 11.8 Å². The van der Waals surface area contributed by atoms with Crippen LogP contribution in [0.25, 0.3) is 0 Å². The van der Waals surface area contributed by atoms with E-state index in [0.29, 0.717) is 18.5 Å². The molecule has 1 aliphatic rings. The van der Waals surface area contributed by atoms with E-state index in [-0.39, 0.29) is 17.2 Å². The van der Waals surface area contributed by atoms with Gasteiger partial charge in [-0.3, -0.25) is 9.59 Å². The molecule has 0 aromatic heterocycles. The first kappa shape index (κ1) is 21.4. The second-order valence-corrected chi connectivity index (χ2v) is 8.73. The molecule has 0 heterocycles.